The number of carbonyl (C=O) groups excluding carboxylic acids is 1. The van der Waals surface area contributed by atoms with Crippen LogP contribution in [0.1, 0.15) is 31.7 Å². The average Bonchev–Trinajstić information content (AvgIpc) is 2.93. The second-order valence-corrected chi connectivity index (χ2v) is 6.91. The first-order valence-corrected chi connectivity index (χ1v) is 8.63. The van der Waals surface area contributed by atoms with Gasteiger partial charge in [-0.1, -0.05) is 17.7 Å². The van der Waals surface area contributed by atoms with Crippen molar-refractivity contribution in [2.45, 2.75) is 49.8 Å². The van der Waals surface area contributed by atoms with Gasteiger partial charge in [0, 0.05) is 18.9 Å². The highest BCUT2D eigenvalue weighted by Gasteiger charge is 2.31. The molecule has 6 heteroatoms. The molecule has 1 heterocycles. The summed E-state index contributed by atoms with van der Waals surface area (Å²) in [7, 11) is -1.33. The highest BCUT2D eigenvalue weighted by Crippen LogP contribution is 2.25. The lowest BCUT2D eigenvalue weighted by Crippen LogP contribution is -2.35. The second kappa shape index (κ2) is 7.97. The molecule has 2 atom stereocenters. The summed E-state index contributed by atoms with van der Waals surface area (Å²) >= 11 is 0. The zero-order valence-corrected chi connectivity index (χ0v) is 13.9. The van der Waals surface area contributed by atoms with Crippen molar-refractivity contribution >= 4 is 17.3 Å². The third-order valence-corrected chi connectivity index (χ3v) is 4.98. The molecule has 1 saturated heterocycles. The summed E-state index contributed by atoms with van der Waals surface area (Å²) in [4.78, 5) is 11.6. The van der Waals surface area contributed by atoms with E-state index in [1.54, 1.807) is 0 Å². The molecule has 0 aliphatic carbocycles. The molecule has 1 aliphatic heterocycles. The summed E-state index contributed by atoms with van der Waals surface area (Å²) < 4.78 is 26.5. The van der Waals surface area contributed by atoms with Gasteiger partial charge in [-0.25, -0.2) is 8.93 Å². The van der Waals surface area contributed by atoms with Gasteiger partial charge in [-0.05, 0) is 32.4 Å². The van der Waals surface area contributed by atoms with Crippen LogP contribution in [-0.2, 0) is 25.3 Å². The Kier molecular flexibility index (Phi) is 6.26. The lowest BCUT2D eigenvalue weighted by Gasteiger charge is -2.25. The zero-order chi connectivity index (χ0) is 16.0. The van der Waals surface area contributed by atoms with E-state index in [-0.39, 0.29) is 6.04 Å². The molecule has 0 saturated carbocycles. The van der Waals surface area contributed by atoms with E-state index in [0.717, 1.165) is 11.8 Å². The minimum absolute atomic E-state index is 0.163. The number of rotatable bonds is 8. The Morgan fingerprint density at radius 1 is 1.32 bits per heavy atom. The Morgan fingerprint density at radius 2 is 1.95 bits per heavy atom. The molecule has 1 aromatic carbocycles. The van der Waals surface area contributed by atoms with Gasteiger partial charge in [0.2, 0.25) is 0 Å². The van der Waals surface area contributed by atoms with Crippen LogP contribution in [0.5, 0.6) is 0 Å². The number of ether oxygens (including phenoxy) is 2. The monoisotopic (exact) mass is 325 g/mol. The van der Waals surface area contributed by atoms with E-state index in [0.29, 0.717) is 37.4 Å². The first kappa shape index (κ1) is 17.3. The van der Waals surface area contributed by atoms with Crippen molar-refractivity contribution in [3.8, 4) is 0 Å². The van der Waals surface area contributed by atoms with E-state index < -0.39 is 16.8 Å². The number of nitrogens with one attached hydrogen (secondary N) is 1. The van der Waals surface area contributed by atoms with Crippen molar-refractivity contribution in [3.63, 3.8) is 0 Å². The van der Waals surface area contributed by atoms with Crippen molar-refractivity contribution in [2.75, 3.05) is 13.2 Å². The molecule has 5 nitrogen and oxygen atoms in total. The van der Waals surface area contributed by atoms with Gasteiger partial charge in [-0.2, -0.15) is 0 Å². The van der Waals surface area contributed by atoms with Crippen molar-refractivity contribution in [2.24, 2.45) is 0 Å². The lowest BCUT2D eigenvalue weighted by atomic mass is 10.1. The van der Waals surface area contributed by atoms with Crippen LogP contribution >= 0.6 is 0 Å². The summed E-state index contributed by atoms with van der Waals surface area (Å²) in [6.07, 6.45) is 2.48. The fraction of sp³-hybridized carbons (Fsp3) is 0.562. The van der Waals surface area contributed by atoms with Crippen molar-refractivity contribution in [3.05, 3.63) is 29.8 Å². The van der Waals surface area contributed by atoms with Gasteiger partial charge < -0.3 is 14.3 Å². The topological polar surface area (TPSA) is 64.6 Å². The molecule has 0 bridgehead atoms. The number of aryl methyl sites for hydroxylation is 1. The first-order chi connectivity index (χ1) is 10.5. The molecule has 0 amide bonds. The summed E-state index contributed by atoms with van der Waals surface area (Å²) in [6.45, 7) is 5.07. The standard InChI is InChI=1S/C16H23NO4S/c1-13-3-5-15(6-4-13)22(19)17-14(8-10-18)7-9-16(2)20-11-12-21-16/h3-6,10,14,17H,7-9,11-12H2,1-2H3/t14-,22-/m0/s1. The number of hydrogen-bond acceptors (Lipinski definition) is 4. The third-order valence-electron chi connectivity index (χ3n) is 3.73. The molecule has 1 fully saturated rings. The van der Waals surface area contributed by atoms with Crippen LogP contribution in [0.2, 0.25) is 0 Å². The summed E-state index contributed by atoms with van der Waals surface area (Å²) in [5, 5.41) is 0. The van der Waals surface area contributed by atoms with E-state index in [4.69, 9.17) is 9.47 Å². The Hall–Kier alpha value is -1.08. The molecule has 1 aromatic rings. The van der Waals surface area contributed by atoms with Crippen molar-refractivity contribution in [1.29, 1.82) is 0 Å². The fourth-order valence-electron chi connectivity index (χ4n) is 2.36. The van der Waals surface area contributed by atoms with Crippen LogP contribution in [0.4, 0.5) is 0 Å². The normalized spacial score (nSPS) is 19.7. The molecule has 0 spiro atoms. The highest BCUT2D eigenvalue weighted by atomic mass is 32.2. The molecule has 2 rings (SSSR count). The Balaban J connectivity index is 1.91. The maximum atomic E-state index is 12.3. The quantitative estimate of drug-likeness (QED) is 0.744. The predicted molar refractivity (Wildman–Crippen MR) is 84.7 cm³/mol. The largest absolute Gasteiger partial charge is 0.348 e. The molecule has 122 valence electrons. The van der Waals surface area contributed by atoms with Gasteiger partial charge in [-0.15, -0.1) is 0 Å². The van der Waals surface area contributed by atoms with E-state index >= 15 is 0 Å². The maximum Gasteiger partial charge on any atom is 0.165 e. The average molecular weight is 325 g/mol. The van der Waals surface area contributed by atoms with E-state index in [1.165, 1.54) is 0 Å². The van der Waals surface area contributed by atoms with E-state index in [2.05, 4.69) is 4.72 Å². The number of aldehydes is 1. The lowest BCUT2D eigenvalue weighted by molar-refractivity contribution is -0.148. The minimum Gasteiger partial charge on any atom is -0.348 e. The molecule has 22 heavy (non-hydrogen) atoms. The summed E-state index contributed by atoms with van der Waals surface area (Å²) in [5.74, 6) is -0.589. The van der Waals surface area contributed by atoms with Gasteiger partial charge >= 0.3 is 0 Å². The Bertz CT molecular complexity index is 511. The van der Waals surface area contributed by atoms with Gasteiger partial charge in [0.25, 0.3) is 0 Å². The molecule has 1 N–H and O–H groups in total. The maximum absolute atomic E-state index is 12.3. The fourth-order valence-corrected chi connectivity index (χ4v) is 3.40. The van der Waals surface area contributed by atoms with Crippen molar-refractivity contribution < 1.29 is 18.5 Å². The van der Waals surface area contributed by atoms with Gasteiger partial charge in [-0.3, -0.25) is 0 Å². The molecule has 0 unspecified atom stereocenters. The minimum atomic E-state index is -1.33. The van der Waals surface area contributed by atoms with Gasteiger partial charge in [0.1, 0.15) is 17.3 Å². The number of hydrogen-bond donors (Lipinski definition) is 1. The summed E-state index contributed by atoms with van der Waals surface area (Å²) in [6, 6.07) is 7.35. The highest BCUT2D eigenvalue weighted by molar-refractivity contribution is 7.83. The van der Waals surface area contributed by atoms with Crippen LogP contribution in [-0.4, -0.2) is 35.5 Å². The first-order valence-electron chi connectivity index (χ1n) is 7.48. The molecule has 0 aromatic heterocycles. The van der Waals surface area contributed by atoms with Gasteiger partial charge in [0.15, 0.2) is 5.79 Å². The zero-order valence-electron chi connectivity index (χ0n) is 13.0. The van der Waals surface area contributed by atoms with Gasteiger partial charge in [0.05, 0.1) is 18.1 Å². The van der Waals surface area contributed by atoms with Crippen LogP contribution < -0.4 is 4.72 Å². The SMILES string of the molecule is Cc1ccc([S@](=O)N[C@H](CC=O)CCC2(C)OCCO2)cc1. The molecular weight excluding hydrogens is 302 g/mol. The van der Waals surface area contributed by atoms with Crippen LogP contribution in [0.25, 0.3) is 0 Å². The third kappa shape index (κ3) is 4.98. The smallest absolute Gasteiger partial charge is 0.165 e. The van der Waals surface area contributed by atoms with Crippen LogP contribution in [0, 0.1) is 6.92 Å². The van der Waals surface area contributed by atoms with E-state index in [9.17, 15) is 9.00 Å². The van der Waals surface area contributed by atoms with E-state index in [1.807, 2.05) is 38.1 Å². The van der Waals surface area contributed by atoms with Crippen LogP contribution in [0.3, 0.4) is 0 Å². The molecular formula is C16H23NO4S. The molecule has 0 radical (unpaired) electrons. The number of benzene rings is 1. The Labute approximate surface area is 134 Å². The van der Waals surface area contributed by atoms with Crippen LogP contribution in [0.15, 0.2) is 29.2 Å². The predicted octanol–water partition coefficient (Wildman–Crippen LogP) is 2.11. The summed E-state index contributed by atoms with van der Waals surface area (Å²) in [5.41, 5.74) is 1.12. The second-order valence-electron chi connectivity index (χ2n) is 5.67. The van der Waals surface area contributed by atoms with Crippen molar-refractivity contribution in [1.82, 2.24) is 4.72 Å². The molecule has 1 aliphatic rings. The number of carbonyl (C=O) groups is 1. The Morgan fingerprint density at radius 3 is 2.55 bits per heavy atom.